The Balaban J connectivity index is 1.97. The van der Waals surface area contributed by atoms with E-state index in [1.165, 1.54) is 13.0 Å². The normalized spacial score (nSPS) is 11.1. The average Bonchev–Trinajstić information content (AvgIpc) is 2.59. The zero-order valence-corrected chi connectivity index (χ0v) is 13.4. The lowest BCUT2D eigenvalue weighted by molar-refractivity contribution is -0.384. The Morgan fingerprint density at radius 2 is 1.40 bits per heavy atom. The summed E-state index contributed by atoms with van der Waals surface area (Å²) in [5, 5.41) is 19.8. The Labute approximate surface area is 143 Å². The number of anilines is 1. The third kappa shape index (κ3) is 2.55. The minimum Gasteiger partial charge on any atom is -0.326 e. The van der Waals surface area contributed by atoms with Gasteiger partial charge in [-0.2, -0.15) is 0 Å². The molecular weight excluding hydrogens is 316 g/mol. The second-order valence-corrected chi connectivity index (χ2v) is 6.01. The van der Waals surface area contributed by atoms with Crippen LogP contribution in [-0.2, 0) is 4.79 Å². The largest absolute Gasteiger partial charge is 0.326 e. The molecule has 4 aromatic carbocycles. The Kier molecular flexibility index (Phi) is 3.35. The number of hydrogen-bond donors (Lipinski definition) is 1. The molecule has 0 bridgehead atoms. The van der Waals surface area contributed by atoms with Crippen LogP contribution in [0.15, 0.2) is 60.7 Å². The van der Waals surface area contributed by atoms with Crippen molar-refractivity contribution in [1.82, 2.24) is 0 Å². The number of nitrogens with zero attached hydrogens (tertiary/aromatic N) is 1. The van der Waals surface area contributed by atoms with Gasteiger partial charge in [0.1, 0.15) is 0 Å². The van der Waals surface area contributed by atoms with Crippen molar-refractivity contribution in [3.8, 4) is 0 Å². The van der Waals surface area contributed by atoms with Gasteiger partial charge in [-0.15, -0.1) is 0 Å². The van der Waals surface area contributed by atoms with Crippen molar-refractivity contribution in [2.75, 3.05) is 5.32 Å². The van der Waals surface area contributed by atoms with Gasteiger partial charge in [0.25, 0.3) is 5.69 Å². The molecule has 0 saturated carbocycles. The molecule has 0 unspecified atom stereocenters. The van der Waals surface area contributed by atoms with Gasteiger partial charge >= 0.3 is 0 Å². The number of nitro groups is 1. The summed E-state index contributed by atoms with van der Waals surface area (Å²) in [4.78, 5) is 21.8. The highest BCUT2D eigenvalue weighted by molar-refractivity contribution is 6.17. The Morgan fingerprint density at radius 1 is 0.840 bits per heavy atom. The van der Waals surface area contributed by atoms with Gasteiger partial charge in [-0.1, -0.05) is 30.3 Å². The predicted octanol–water partition coefficient (Wildman–Crippen LogP) is 5.01. The van der Waals surface area contributed by atoms with Crippen LogP contribution >= 0.6 is 0 Å². The van der Waals surface area contributed by atoms with E-state index < -0.39 is 0 Å². The minimum atomic E-state index is -0.381. The standard InChI is InChI=1S/C20H14N2O3/c1-12(23)21-15-4-8-17-13(10-15)2-6-20-18-9-5-16(22(24)25)11-14(18)3-7-19(17)20/h2-11H,1H3,(H,21,23). The zero-order chi connectivity index (χ0) is 17.6. The molecule has 5 nitrogen and oxygen atoms in total. The van der Waals surface area contributed by atoms with Crippen LogP contribution in [0.4, 0.5) is 11.4 Å². The fourth-order valence-corrected chi connectivity index (χ4v) is 3.27. The zero-order valence-electron chi connectivity index (χ0n) is 13.4. The summed E-state index contributed by atoms with van der Waals surface area (Å²) in [6.45, 7) is 1.48. The van der Waals surface area contributed by atoms with Crippen LogP contribution in [0, 0.1) is 10.1 Å². The summed E-state index contributed by atoms with van der Waals surface area (Å²) in [7, 11) is 0. The lowest BCUT2D eigenvalue weighted by atomic mass is 9.96. The van der Waals surface area contributed by atoms with Crippen LogP contribution in [0.1, 0.15) is 6.92 Å². The molecule has 0 radical (unpaired) electrons. The SMILES string of the molecule is CC(=O)Nc1ccc2c(ccc3c4ccc([N+](=O)[O-])cc4ccc23)c1. The smallest absolute Gasteiger partial charge is 0.270 e. The van der Waals surface area contributed by atoms with E-state index in [1.54, 1.807) is 12.1 Å². The van der Waals surface area contributed by atoms with E-state index in [4.69, 9.17) is 0 Å². The van der Waals surface area contributed by atoms with Gasteiger partial charge in [0.15, 0.2) is 0 Å². The highest BCUT2D eigenvalue weighted by Crippen LogP contribution is 2.33. The minimum absolute atomic E-state index is 0.0904. The molecule has 4 rings (SSSR count). The number of carbonyl (C=O) groups excluding carboxylic acids is 1. The molecule has 5 heteroatoms. The molecule has 0 aliphatic carbocycles. The summed E-state index contributed by atoms with van der Waals surface area (Å²) in [6.07, 6.45) is 0. The van der Waals surface area contributed by atoms with Crippen molar-refractivity contribution in [2.45, 2.75) is 6.92 Å². The molecule has 0 atom stereocenters. The number of carbonyl (C=O) groups is 1. The summed E-state index contributed by atoms with van der Waals surface area (Å²) in [5.41, 5.74) is 0.850. The molecule has 0 fully saturated rings. The van der Waals surface area contributed by atoms with Crippen molar-refractivity contribution in [3.05, 3.63) is 70.8 Å². The Morgan fingerprint density at radius 3 is 2.00 bits per heavy atom. The molecule has 0 heterocycles. The maximum absolute atomic E-state index is 11.2. The van der Waals surface area contributed by atoms with Crippen molar-refractivity contribution in [2.24, 2.45) is 0 Å². The third-order valence-corrected chi connectivity index (χ3v) is 4.35. The van der Waals surface area contributed by atoms with Gasteiger partial charge in [0.05, 0.1) is 4.92 Å². The van der Waals surface area contributed by atoms with E-state index >= 15 is 0 Å². The van der Waals surface area contributed by atoms with Crippen molar-refractivity contribution < 1.29 is 9.72 Å². The predicted molar refractivity (Wildman–Crippen MR) is 99.9 cm³/mol. The van der Waals surface area contributed by atoms with Crippen LogP contribution < -0.4 is 5.32 Å². The number of non-ortho nitro benzene ring substituents is 1. The number of fused-ring (bicyclic) bond motifs is 5. The molecule has 0 saturated heterocycles. The summed E-state index contributed by atoms with van der Waals surface area (Å²) in [6, 6.07) is 18.7. The lowest BCUT2D eigenvalue weighted by Gasteiger charge is -2.09. The summed E-state index contributed by atoms with van der Waals surface area (Å²) in [5.74, 6) is -0.104. The summed E-state index contributed by atoms with van der Waals surface area (Å²) >= 11 is 0. The van der Waals surface area contributed by atoms with Crippen LogP contribution in [0.5, 0.6) is 0 Å². The van der Waals surface area contributed by atoms with Crippen LogP contribution in [0.2, 0.25) is 0 Å². The molecule has 1 N–H and O–H groups in total. The van der Waals surface area contributed by atoms with E-state index in [-0.39, 0.29) is 16.5 Å². The second kappa shape index (κ2) is 5.56. The van der Waals surface area contributed by atoms with E-state index in [0.29, 0.717) is 0 Å². The number of hydrogen-bond acceptors (Lipinski definition) is 3. The van der Waals surface area contributed by atoms with Crippen molar-refractivity contribution >= 4 is 49.6 Å². The maximum atomic E-state index is 11.2. The van der Waals surface area contributed by atoms with Crippen LogP contribution in [0.25, 0.3) is 32.3 Å². The average molecular weight is 330 g/mol. The molecule has 122 valence electrons. The van der Waals surface area contributed by atoms with Crippen LogP contribution in [-0.4, -0.2) is 10.8 Å². The first-order valence-corrected chi connectivity index (χ1v) is 7.84. The number of amides is 1. The molecule has 0 spiro atoms. The fraction of sp³-hybridized carbons (Fsp3) is 0.0500. The quantitative estimate of drug-likeness (QED) is 0.319. The Hall–Kier alpha value is -3.47. The van der Waals surface area contributed by atoms with Gasteiger partial charge in [-0.3, -0.25) is 14.9 Å². The fourth-order valence-electron chi connectivity index (χ4n) is 3.27. The molecule has 4 aromatic rings. The van der Waals surface area contributed by atoms with E-state index in [9.17, 15) is 14.9 Å². The van der Waals surface area contributed by atoms with Gasteiger partial charge < -0.3 is 5.32 Å². The first-order chi connectivity index (χ1) is 12.0. The monoisotopic (exact) mass is 330 g/mol. The molecular formula is C20H14N2O3. The van der Waals surface area contributed by atoms with Gasteiger partial charge in [0, 0.05) is 24.7 Å². The molecule has 1 amide bonds. The van der Waals surface area contributed by atoms with Gasteiger partial charge in [0.2, 0.25) is 5.91 Å². The van der Waals surface area contributed by atoms with Gasteiger partial charge in [-0.25, -0.2) is 0 Å². The topological polar surface area (TPSA) is 72.2 Å². The first-order valence-electron chi connectivity index (χ1n) is 7.84. The highest BCUT2D eigenvalue weighted by Gasteiger charge is 2.10. The molecule has 0 aliphatic heterocycles. The number of nitro benzene ring substituents is 1. The molecule has 0 aromatic heterocycles. The second-order valence-electron chi connectivity index (χ2n) is 6.01. The molecule has 25 heavy (non-hydrogen) atoms. The first kappa shape index (κ1) is 15.1. The third-order valence-electron chi connectivity index (χ3n) is 4.35. The maximum Gasteiger partial charge on any atom is 0.270 e. The van der Waals surface area contributed by atoms with Crippen molar-refractivity contribution in [3.63, 3.8) is 0 Å². The number of nitrogens with one attached hydrogen (secondary N) is 1. The van der Waals surface area contributed by atoms with Gasteiger partial charge in [-0.05, 0) is 50.5 Å². The van der Waals surface area contributed by atoms with E-state index in [1.807, 2.05) is 42.5 Å². The summed E-state index contributed by atoms with van der Waals surface area (Å²) < 4.78 is 0. The number of rotatable bonds is 2. The van der Waals surface area contributed by atoms with Crippen molar-refractivity contribution in [1.29, 1.82) is 0 Å². The van der Waals surface area contributed by atoms with Crippen LogP contribution in [0.3, 0.4) is 0 Å². The molecule has 0 aliphatic rings. The van der Waals surface area contributed by atoms with E-state index in [0.717, 1.165) is 38.0 Å². The number of benzene rings is 4. The van der Waals surface area contributed by atoms with E-state index in [2.05, 4.69) is 5.32 Å². The highest BCUT2D eigenvalue weighted by atomic mass is 16.6. The lowest BCUT2D eigenvalue weighted by Crippen LogP contribution is -2.05. The Bertz CT molecular complexity index is 1180.